The molecule has 1 aliphatic heterocycles. The standard InChI is InChI=1S/C19H26N2O3/c1-14(22)20-8-10-21(11-9-20)19(23)13-16-5-3-4-15-12-17(24-2)6-7-18(15)16/h6-7,12,16H,3-5,8-11,13H2,1-2H3/t16-/m1/s1. The van der Waals surface area contributed by atoms with E-state index in [-0.39, 0.29) is 11.8 Å². The third kappa shape index (κ3) is 3.55. The van der Waals surface area contributed by atoms with Crippen LogP contribution >= 0.6 is 0 Å². The van der Waals surface area contributed by atoms with E-state index < -0.39 is 0 Å². The van der Waals surface area contributed by atoms with Gasteiger partial charge in [0.2, 0.25) is 11.8 Å². The summed E-state index contributed by atoms with van der Waals surface area (Å²) >= 11 is 0. The van der Waals surface area contributed by atoms with Crippen molar-refractivity contribution < 1.29 is 14.3 Å². The fourth-order valence-electron chi connectivity index (χ4n) is 3.84. The summed E-state index contributed by atoms with van der Waals surface area (Å²) in [6.07, 6.45) is 3.82. The topological polar surface area (TPSA) is 49.9 Å². The molecule has 0 aromatic heterocycles. The van der Waals surface area contributed by atoms with Gasteiger partial charge in [-0.3, -0.25) is 9.59 Å². The molecule has 2 amide bonds. The van der Waals surface area contributed by atoms with Gasteiger partial charge in [-0.15, -0.1) is 0 Å². The van der Waals surface area contributed by atoms with E-state index in [2.05, 4.69) is 12.1 Å². The van der Waals surface area contributed by atoms with Crippen LogP contribution in [0, 0.1) is 0 Å². The van der Waals surface area contributed by atoms with Crippen molar-refractivity contribution >= 4 is 11.8 Å². The second-order valence-corrected chi connectivity index (χ2v) is 6.74. The molecule has 24 heavy (non-hydrogen) atoms. The zero-order valence-electron chi connectivity index (χ0n) is 14.6. The predicted molar refractivity (Wildman–Crippen MR) is 92.1 cm³/mol. The monoisotopic (exact) mass is 330 g/mol. The van der Waals surface area contributed by atoms with Crippen LogP contribution in [0.2, 0.25) is 0 Å². The Balaban J connectivity index is 1.63. The summed E-state index contributed by atoms with van der Waals surface area (Å²) in [6, 6.07) is 6.23. The zero-order chi connectivity index (χ0) is 17.1. The van der Waals surface area contributed by atoms with Crippen LogP contribution in [-0.2, 0) is 16.0 Å². The lowest BCUT2D eigenvalue weighted by Gasteiger charge is -2.35. The van der Waals surface area contributed by atoms with E-state index in [4.69, 9.17) is 4.74 Å². The molecule has 1 heterocycles. The van der Waals surface area contributed by atoms with Crippen LogP contribution in [0.1, 0.15) is 43.2 Å². The molecule has 5 nitrogen and oxygen atoms in total. The molecule has 0 unspecified atom stereocenters. The van der Waals surface area contributed by atoms with Gasteiger partial charge in [-0.1, -0.05) is 6.07 Å². The lowest BCUT2D eigenvalue weighted by molar-refractivity contribution is -0.138. The van der Waals surface area contributed by atoms with Crippen LogP contribution in [0.5, 0.6) is 5.75 Å². The molecule has 5 heteroatoms. The highest BCUT2D eigenvalue weighted by molar-refractivity contribution is 5.78. The molecule has 1 aromatic rings. The second kappa shape index (κ2) is 7.24. The van der Waals surface area contributed by atoms with Crippen LogP contribution in [-0.4, -0.2) is 54.9 Å². The molecule has 1 atom stereocenters. The van der Waals surface area contributed by atoms with Crippen LogP contribution in [0.15, 0.2) is 18.2 Å². The van der Waals surface area contributed by atoms with Gasteiger partial charge < -0.3 is 14.5 Å². The van der Waals surface area contributed by atoms with E-state index in [0.29, 0.717) is 38.5 Å². The number of hydrogen-bond acceptors (Lipinski definition) is 3. The molecule has 1 aromatic carbocycles. The summed E-state index contributed by atoms with van der Waals surface area (Å²) in [5.41, 5.74) is 2.62. The SMILES string of the molecule is COc1ccc2c(c1)CCC[C@@H]2CC(=O)N1CCN(C(C)=O)CC1. The summed E-state index contributed by atoms with van der Waals surface area (Å²) < 4.78 is 5.31. The minimum absolute atomic E-state index is 0.0947. The van der Waals surface area contributed by atoms with Gasteiger partial charge in [-0.05, 0) is 48.4 Å². The highest BCUT2D eigenvalue weighted by Gasteiger charge is 2.27. The number of aryl methyl sites for hydroxylation is 1. The van der Waals surface area contributed by atoms with Gasteiger partial charge in [-0.2, -0.15) is 0 Å². The molecular formula is C19H26N2O3. The van der Waals surface area contributed by atoms with Crippen LogP contribution < -0.4 is 4.74 Å². The number of hydrogen-bond donors (Lipinski definition) is 0. The van der Waals surface area contributed by atoms with Crippen molar-refractivity contribution in [3.8, 4) is 5.75 Å². The number of nitrogens with zero attached hydrogens (tertiary/aromatic N) is 2. The highest BCUT2D eigenvalue weighted by atomic mass is 16.5. The fourth-order valence-corrected chi connectivity index (χ4v) is 3.84. The van der Waals surface area contributed by atoms with Gasteiger partial charge in [0, 0.05) is 39.5 Å². The van der Waals surface area contributed by atoms with E-state index in [1.807, 2.05) is 15.9 Å². The lowest BCUT2D eigenvalue weighted by atomic mass is 9.80. The molecule has 0 N–H and O–H groups in total. The minimum atomic E-state index is 0.0947. The molecular weight excluding hydrogens is 304 g/mol. The van der Waals surface area contributed by atoms with Crippen molar-refractivity contribution in [2.45, 2.75) is 38.5 Å². The van der Waals surface area contributed by atoms with Gasteiger partial charge in [0.1, 0.15) is 5.75 Å². The van der Waals surface area contributed by atoms with Gasteiger partial charge in [0.25, 0.3) is 0 Å². The first-order valence-corrected chi connectivity index (χ1v) is 8.78. The van der Waals surface area contributed by atoms with Crippen LogP contribution in [0.4, 0.5) is 0 Å². The normalized spacial score (nSPS) is 20.5. The van der Waals surface area contributed by atoms with Crippen LogP contribution in [0.3, 0.4) is 0 Å². The number of carbonyl (C=O) groups is 2. The number of carbonyl (C=O) groups excluding carboxylic acids is 2. The van der Waals surface area contributed by atoms with Crippen molar-refractivity contribution in [1.82, 2.24) is 9.80 Å². The maximum atomic E-state index is 12.7. The van der Waals surface area contributed by atoms with E-state index >= 15 is 0 Å². The highest BCUT2D eigenvalue weighted by Crippen LogP contribution is 2.36. The van der Waals surface area contributed by atoms with E-state index in [9.17, 15) is 9.59 Å². The first kappa shape index (κ1) is 16.8. The number of benzene rings is 1. The third-order valence-electron chi connectivity index (χ3n) is 5.29. The van der Waals surface area contributed by atoms with Gasteiger partial charge in [0.15, 0.2) is 0 Å². The molecule has 0 saturated carbocycles. The Hall–Kier alpha value is -2.04. The summed E-state index contributed by atoms with van der Waals surface area (Å²) in [4.78, 5) is 27.8. The summed E-state index contributed by atoms with van der Waals surface area (Å²) in [5, 5.41) is 0. The third-order valence-corrected chi connectivity index (χ3v) is 5.29. The zero-order valence-corrected chi connectivity index (χ0v) is 14.6. The van der Waals surface area contributed by atoms with Crippen molar-refractivity contribution in [3.63, 3.8) is 0 Å². The number of piperazine rings is 1. The summed E-state index contributed by atoms with van der Waals surface area (Å²) in [5.74, 6) is 1.50. The summed E-state index contributed by atoms with van der Waals surface area (Å²) in [6.45, 7) is 4.20. The molecule has 130 valence electrons. The number of methoxy groups -OCH3 is 1. The van der Waals surface area contributed by atoms with Gasteiger partial charge >= 0.3 is 0 Å². The summed E-state index contributed by atoms with van der Waals surface area (Å²) in [7, 11) is 1.69. The smallest absolute Gasteiger partial charge is 0.223 e. The van der Waals surface area contributed by atoms with Crippen molar-refractivity contribution in [2.24, 2.45) is 0 Å². The lowest BCUT2D eigenvalue weighted by Crippen LogP contribution is -2.50. The minimum Gasteiger partial charge on any atom is -0.497 e. The molecule has 1 aliphatic carbocycles. The van der Waals surface area contributed by atoms with Gasteiger partial charge in [0.05, 0.1) is 7.11 Å². The first-order valence-electron chi connectivity index (χ1n) is 8.78. The van der Waals surface area contributed by atoms with E-state index in [1.165, 1.54) is 11.1 Å². The van der Waals surface area contributed by atoms with Gasteiger partial charge in [-0.25, -0.2) is 0 Å². The van der Waals surface area contributed by atoms with E-state index in [1.54, 1.807) is 14.0 Å². The molecule has 0 spiro atoms. The Bertz CT molecular complexity index is 621. The Morgan fingerprint density at radius 2 is 1.88 bits per heavy atom. The number of rotatable bonds is 3. The Morgan fingerprint density at radius 1 is 1.17 bits per heavy atom. The Kier molecular flexibility index (Phi) is 5.07. The molecule has 1 fully saturated rings. The molecule has 1 saturated heterocycles. The molecule has 0 bridgehead atoms. The molecule has 3 rings (SSSR count). The average Bonchev–Trinajstić information content (AvgIpc) is 2.61. The Morgan fingerprint density at radius 3 is 2.54 bits per heavy atom. The average molecular weight is 330 g/mol. The largest absolute Gasteiger partial charge is 0.497 e. The first-order chi connectivity index (χ1) is 11.6. The second-order valence-electron chi connectivity index (χ2n) is 6.74. The van der Waals surface area contributed by atoms with Crippen molar-refractivity contribution in [1.29, 1.82) is 0 Å². The van der Waals surface area contributed by atoms with Crippen molar-refractivity contribution in [3.05, 3.63) is 29.3 Å². The van der Waals surface area contributed by atoms with Crippen molar-refractivity contribution in [2.75, 3.05) is 33.3 Å². The predicted octanol–water partition coefficient (Wildman–Crippen LogP) is 2.20. The number of ether oxygens (including phenoxy) is 1. The molecule has 2 aliphatic rings. The molecule has 0 radical (unpaired) electrons. The maximum absolute atomic E-state index is 12.7. The van der Waals surface area contributed by atoms with Crippen LogP contribution in [0.25, 0.3) is 0 Å². The maximum Gasteiger partial charge on any atom is 0.223 e. The fraction of sp³-hybridized carbons (Fsp3) is 0.579. The quantitative estimate of drug-likeness (QED) is 0.854. The number of amides is 2. The van der Waals surface area contributed by atoms with E-state index in [0.717, 1.165) is 25.0 Å². The Labute approximate surface area is 143 Å². The number of fused-ring (bicyclic) bond motifs is 1.